The number of ether oxygens (including phenoxy) is 2. The molecule has 0 saturated heterocycles. The molecule has 28 heavy (non-hydrogen) atoms. The number of rotatable bonds is 8. The summed E-state index contributed by atoms with van der Waals surface area (Å²) in [6, 6.07) is 23.9. The highest BCUT2D eigenvalue weighted by molar-refractivity contribution is 9.10. The molecular formula is C23H21BrO3S. The number of carbonyl (C=O) groups is 1. The van der Waals surface area contributed by atoms with E-state index in [-0.39, 0.29) is 12.4 Å². The lowest BCUT2D eigenvalue weighted by Crippen LogP contribution is -2.07. The number of esters is 1. The van der Waals surface area contributed by atoms with Crippen LogP contribution in [0.2, 0.25) is 0 Å². The first-order valence-electron chi connectivity index (χ1n) is 9.02. The monoisotopic (exact) mass is 456 g/mol. The quantitative estimate of drug-likeness (QED) is 0.281. The van der Waals surface area contributed by atoms with Crippen LogP contribution in [0, 0.1) is 0 Å². The second kappa shape index (κ2) is 10.3. The topological polar surface area (TPSA) is 35.5 Å². The summed E-state index contributed by atoms with van der Waals surface area (Å²) in [5.41, 5.74) is 1.97. The largest absolute Gasteiger partial charge is 0.466 e. The maximum Gasteiger partial charge on any atom is 0.310 e. The van der Waals surface area contributed by atoms with Gasteiger partial charge in [0, 0.05) is 20.7 Å². The van der Waals surface area contributed by atoms with Gasteiger partial charge in [-0.25, -0.2) is 0 Å². The van der Waals surface area contributed by atoms with Crippen molar-refractivity contribution in [2.45, 2.75) is 24.0 Å². The van der Waals surface area contributed by atoms with Crippen molar-refractivity contribution in [3.63, 3.8) is 0 Å². The van der Waals surface area contributed by atoms with Crippen LogP contribution in [0.1, 0.15) is 18.1 Å². The third-order valence-electron chi connectivity index (χ3n) is 3.94. The Morgan fingerprint density at radius 3 is 2.61 bits per heavy atom. The smallest absolute Gasteiger partial charge is 0.310 e. The van der Waals surface area contributed by atoms with Crippen LogP contribution in [0.15, 0.2) is 82.2 Å². The number of thioether (sulfide) groups is 1. The Bertz CT molecular complexity index is 928. The van der Waals surface area contributed by atoms with E-state index in [0.29, 0.717) is 12.4 Å². The van der Waals surface area contributed by atoms with Crippen LogP contribution in [0.25, 0.3) is 0 Å². The molecule has 0 bridgehead atoms. The molecule has 0 aliphatic rings. The van der Waals surface area contributed by atoms with Gasteiger partial charge >= 0.3 is 5.97 Å². The van der Waals surface area contributed by atoms with Crippen LogP contribution in [0.5, 0.6) is 11.5 Å². The highest BCUT2D eigenvalue weighted by Crippen LogP contribution is 2.33. The van der Waals surface area contributed by atoms with Gasteiger partial charge in [0.25, 0.3) is 0 Å². The molecule has 0 fully saturated rings. The zero-order chi connectivity index (χ0) is 19.8. The average molecular weight is 457 g/mol. The van der Waals surface area contributed by atoms with Crippen molar-refractivity contribution in [1.82, 2.24) is 0 Å². The lowest BCUT2D eigenvalue weighted by molar-refractivity contribution is -0.142. The summed E-state index contributed by atoms with van der Waals surface area (Å²) < 4.78 is 12.2. The zero-order valence-electron chi connectivity index (χ0n) is 15.6. The summed E-state index contributed by atoms with van der Waals surface area (Å²) in [7, 11) is 0. The second-order valence-electron chi connectivity index (χ2n) is 6.09. The molecule has 0 saturated carbocycles. The first kappa shape index (κ1) is 20.5. The minimum Gasteiger partial charge on any atom is -0.466 e. The lowest BCUT2D eigenvalue weighted by Gasteiger charge is -2.13. The van der Waals surface area contributed by atoms with Crippen LogP contribution in [0.4, 0.5) is 0 Å². The fourth-order valence-electron chi connectivity index (χ4n) is 2.66. The van der Waals surface area contributed by atoms with Crippen molar-refractivity contribution in [1.29, 1.82) is 0 Å². The van der Waals surface area contributed by atoms with Crippen LogP contribution in [-0.2, 0) is 21.7 Å². The molecule has 0 amide bonds. The van der Waals surface area contributed by atoms with E-state index in [1.54, 1.807) is 18.7 Å². The highest BCUT2D eigenvalue weighted by atomic mass is 79.9. The second-order valence-corrected chi connectivity index (χ2v) is 8.05. The molecule has 3 aromatic rings. The molecule has 144 valence electrons. The van der Waals surface area contributed by atoms with Crippen molar-refractivity contribution < 1.29 is 14.3 Å². The van der Waals surface area contributed by atoms with Gasteiger partial charge in [-0.2, -0.15) is 0 Å². The number of carbonyl (C=O) groups excluding carboxylic acids is 1. The van der Waals surface area contributed by atoms with E-state index in [9.17, 15) is 4.79 Å². The first-order valence-corrected chi connectivity index (χ1v) is 10.8. The fraction of sp³-hybridized carbons (Fsp3) is 0.174. The van der Waals surface area contributed by atoms with Crippen molar-refractivity contribution in [3.05, 3.63) is 88.4 Å². The Morgan fingerprint density at radius 2 is 1.82 bits per heavy atom. The number of hydrogen-bond acceptors (Lipinski definition) is 4. The molecule has 5 heteroatoms. The third-order valence-corrected chi connectivity index (χ3v) is 5.49. The Morgan fingerprint density at radius 1 is 1.00 bits per heavy atom. The lowest BCUT2D eigenvalue weighted by atomic mass is 10.1. The summed E-state index contributed by atoms with van der Waals surface area (Å²) in [5.74, 6) is 2.07. The van der Waals surface area contributed by atoms with Gasteiger partial charge in [0.05, 0.1) is 13.0 Å². The molecule has 3 aromatic carbocycles. The summed E-state index contributed by atoms with van der Waals surface area (Å²) in [5, 5.41) is 0. The standard InChI is InChI=1S/C23H21BrO3S/c1-2-26-23(25)14-17-7-6-8-20(13-17)27-22-12-11-19(24)15-18(22)16-28-21-9-4-3-5-10-21/h3-13,15H,2,14,16H2,1H3. The minimum atomic E-state index is -0.233. The average Bonchev–Trinajstić information content (AvgIpc) is 2.69. The molecule has 3 rings (SSSR count). The molecule has 0 unspecified atom stereocenters. The molecule has 0 heterocycles. The zero-order valence-corrected chi connectivity index (χ0v) is 18.0. The van der Waals surface area contributed by atoms with E-state index in [0.717, 1.165) is 27.1 Å². The maximum absolute atomic E-state index is 11.7. The molecule has 3 nitrogen and oxygen atoms in total. The first-order chi connectivity index (χ1) is 13.6. The number of benzene rings is 3. The normalized spacial score (nSPS) is 10.5. The van der Waals surface area contributed by atoms with E-state index < -0.39 is 0 Å². The third kappa shape index (κ3) is 6.14. The van der Waals surface area contributed by atoms with Gasteiger partial charge in [-0.1, -0.05) is 46.3 Å². The van der Waals surface area contributed by atoms with Gasteiger partial charge in [-0.3, -0.25) is 4.79 Å². The summed E-state index contributed by atoms with van der Waals surface area (Å²) in [4.78, 5) is 12.9. The van der Waals surface area contributed by atoms with E-state index in [1.165, 1.54) is 4.90 Å². The highest BCUT2D eigenvalue weighted by Gasteiger charge is 2.09. The SMILES string of the molecule is CCOC(=O)Cc1cccc(Oc2ccc(Br)cc2CSc2ccccc2)c1. The van der Waals surface area contributed by atoms with Gasteiger partial charge in [0.15, 0.2) is 0 Å². The van der Waals surface area contributed by atoms with Crippen LogP contribution < -0.4 is 4.74 Å². The Hall–Kier alpha value is -2.24. The molecule has 0 atom stereocenters. The summed E-state index contributed by atoms with van der Waals surface area (Å²) in [6.07, 6.45) is 0.238. The van der Waals surface area contributed by atoms with Crippen LogP contribution in [-0.4, -0.2) is 12.6 Å². The number of halogens is 1. The van der Waals surface area contributed by atoms with Crippen molar-refractivity contribution in [2.75, 3.05) is 6.61 Å². The van der Waals surface area contributed by atoms with Gasteiger partial charge in [0.1, 0.15) is 11.5 Å². The Balaban J connectivity index is 1.74. The van der Waals surface area contributed by atoms with Crippen molar-refractivity contribution in [3.8, 4) is 11.5 Å². The molecule has 0 radical (unpaired) electrons. The summed E-state index contributed by atoms with van der Waals surface area (Å²) >= 11 is 5.31. The molecule has 0 N–H and O–H groups in total. The molecule has 0 aliphatic carbocycles. The number of hydrogen-bond donors (Lipinski definition) is 0. The Labute approximate surface area is 178 Å². The fourth-order valence-corrected chi connectivity index (χ4v) is 3.97. The van der Waals surface area contributed by atoms with Crippen LogP contribution >= 0.6 is 27.7 Å². The van der Waals surface area contributed by atoms with Crippen molar-refractivity contribution >= 4 is 33.7 Å². The van der Waals surface area contributed by atoms with Crippen LogP contribution in [0.3, 0.4) is 0 Å². The van der Waals surface area contributed by atoms with Gasteiger partial charge in [-0.05, 0) is 55.0 Å². The molecule has 0 aromatic heterocycles. The van der Waals surface area contributed by atoms with Crippen molar-refractivity contribution in [2.24, 2.45) is 0 Å². The van der Waals surface area contributed by atoms with E-state index in [1.807, 2.05) is 54.6 Å². The molecular weight excluding hydrogens is 436 g/mol. The van der Waals surface area contributed by atoms with Gasteiger partial charge < -0.3 is 9.47 Å². The molecule has 0 spiro atoms. The van der Waals surface area contributed by atoms with E-state index in [2.05, 4.69) is 34.1 Å². The minimum absolute atomic E-state index is 0.233. The predicted octanol–water partition coefficient (Wildman–Crippen LogP) is 6.64. The van der Waals surface area contributed by atoms with Gasteiger partial charge in [0.2, 0.25) is 0 Å². The van der Waals surface area contributed by atoms with E-state index in [4.69, 9.17) is 9.47 Å². The maximum atomic E-state index is 11.7. The molecule has 0 aliphatic heterocycles. The predicted molar refractivity (Wildman–Crippen MR) is 117 cm³/mol. The Kier molecular flexibility index (Phi) is 7.57. The van der Waals surface area contributed by atoms with Gasteiger partial charge in [-0.15, -0.1) is 11.8 Å². The van der Waals surface area contributed by atoms with E-state index >= 15 is 0 Å². The summed E-state index contributed by atoms with van der Waals surface area (Å²) in [6.45, 7) is 2.19.